The van der Waals surface area contributed by atoms with Crippen molar-refractivity contribution in [3.05, 3.63) is 71.3 Å². The number of ether oxygens (including phenoxy) is 1. The van der Waals surface area contributed by atoms with Crippen LogP contribution in [0.25, 0.3) is 0 Å². The fourth-order valence-electron chi connectivity index (χ4n) is 4.17. The van der Waals surface area contributed by atoms with Gasteiger partial charge in [-0.1, -0.05) is 42.5 Å². The summed E-state index contributed by atoms with van der Waals surface area (Å²) in [6.45, 7) is 8.65. The number of rotatable bonds is 4. The summed E-state index contributed by atoms with van der Waals surface area (Å²) in [6.07, 6.45) is -0.0465. The van der Waals surface area contributed by atoms with E-state index in [1.807, 2.05) is 42.2 Å². The average Bonchev–Trinajstić information content (AvgIpc) is 2.75. The van der Waals surface area contributed by atoms with Crippen molar-refractivity contribution >= 4 is 5.91 Å². The molecule has 0 radical (unpaired) electrons. The molecule has 0 aliphatic carbocycles. The van der Waals surface area contributed by atoms with E-state index in [-0.39, 0.29) is 18.1 Å². The molecule has 0 bridgehead atoms. The zero-order chi connectivity index (χ0) is 20.2. The SMILES string of the molecule is CC1CN(C(=O)c2ccc(CN3CCN(C)CC3)cc2)CC(c2ccccc2)O1. The van der Waals surface area contributed by atoms with Gasteiger partial charge < -0.3 is 14.5 Å². The Morgan fingerprint density at radius 1 is 0.966 bits per heavy atom. The normalized spacial score (nSPS) is 23.9. The molecule has 5 heteroatoms. The van der Waals surface area contributed by atoms with Gasteiger partial charge in [0.2, 0.25) is 0 Å². The Kier molecular flexibility index (Phi) is 6.28. The van der Waals surface area contributed by atoms with Gasteiger partial charge in [-0.15, -0.1) is 0 Å². The van der Waals surface area contributed by atoms with Crippen LogP contribution in [0.3, 0.4) is 0 Å². The monoisotopic (exact) mass is 393 g/mol. The summed E-state index contributed by atoms with van der Waals surface area (Å²) in [5.74, 6) is 0.0900. The van der Waals surface area contributed by atoms with Crippen LogP contribution in [0.2, 0.25) is 0 Å². The van der Waals surface area contributed by atoms with Crippen molar-refractivity contribution in [3.8, 4) is 0 Å². The number of amides is 1. The van der Waals surface area contributed by atoms with Crippen LogP contribution in [0.1, 0.15) is 34.5 Å². The Morgan fingerprint density at radius 3 is 2.34 bits per heavy atom. The molecule has 2 unspecified atom stereocenters. The molecule has 0 N–H and O–H groups in total. The van der Waals surface area contributed by atoms with Gasteiger partial charge in [0.25, 0.3) is 5.91 Å². The number of piperazine rings is 1. The van der Waals surface area contributed by atoms with Crippen LogP contribution >= 0.6 is 0 Å². The standard InChI is InChI=1S/C24H31N3O2/c1-19-16-27(18-23(29-19)21-6-4-3-5-7-21)24(28)22-10-8-20(9-11-22)17-26-14-12-25(2)13-15-26/h3-11,19,23H,12-18H2,1-2H3. The number of hydrogen-bond donors (Lipinski definition) is 0. The molecule has 2 aliphatic heterocycles. The van der Waals surface area contributed by atoms with E-state index in [1.165, 1.54) is 5.56 Å². The molecule has 2 saturated heterocycles. The molecule has 0 saturated carbocycles. The van der Waals surface area contributed by atoms with Gasteiger partial charge in [0, 0.05) is 44.8 Å². The molecular formula is C24H31N3O2. The van der Waals surface area contributed by atoms with Crippen molar-refractivity contribution in [2.75, 3.05) is 46.3 Å². The number of carbonyl (C=O) groups excluding carboxylic acids is 1. The number of morpholine rings is 1. The van der Waals surface area contributed by atoms with Gasteiger partial charge in [-0.25, -0.2) is 0 Å². The molecule has 154 valence electrons. The lowest BCUT2D eigenvalue weighted by Crippen LogP contribution is -2.46. The highest BCUT2D eigenvalue weighted by Crippen LogP contribution is 2.26. The fraction of sp³-hybridized carbons (Fsp3) is 0.458. The minimum Gasteiger partial charge on any atom is -0.367 e. The summed E-state index contributed by atoms with van der Waals surface area (Å²) >= 11 is 0. The number of nitrogens with zero attached hydrogens (tertiary/aromatic N) is 3. The van der Waals surface area contributed by atoms with E-state index in [4.69, 9.17) is 4.74 Å². The largest absolute Gasteiger partial charge is 0.367 e. The van der Waals surface area contributed by atoms with Gasteiger partial charge in [-0.05, 0) is 37.2 Å². The third-order valence-electron chi connectivity index (χ3n) is 5.92. The highest BCUT2D eigenvalue weighted by atomic mass is 16.5. The third kappa shape index (κ3) is 5.04. The fourth-order valence-corrected chi connectivity index (χ4v) is 4.17. The van der Waals surface area contributed by atoms with Gasteiger partial charge in [0.15, 0.2) is 0 Å². The first-order chi connectivity index (χ1) is 14.1. The molecule has 2 aromatic carbocycles. The summed E-state index contributed by atoms with van der Waals surface area (Å²) in [4.78, 5) is 19.9. The van der Waals surface area contributed by atoms with Crippen molar-refractivity contribution in [3.63, 3.8) is 0 Å². The molecule has 2 fully saturated rings. The Labute approximate surface area is 173 Å². The predicted molar refractivity (Wildman–Crippen MR) is 115 cm³/mol. The van der Waals surface area contributed by atoms with Crippen LogP contribution in [-0.4, -0.2) is 73.0 Å². The molecular weight excluding hydrogens is 362 g/mol. The van der Waals surface area contributed by atoms with Crippen LogP contribution in [0, 0.1) is 0 Å². The maximum Gasteiger partial charge on any atom is 0.254 e. The maximum atomic E-state index is 13.1. The topological polar surface area (TPSA) is 36.0 Å². The van der Waals surface area contributed by atoms with E-state index in [1.54, 1.807) is 0 Å². The summed E-state index contributed by atoms with van der Waals surface area (Å²) in [7, 11) is 2.17. The molecule has 4 rings (SSSR count). The maximum absolute atomic E-state index is 13.1. The second-order valence-corrected chi connectivity index (χ2v) is 8.33. The zero-order valence-corrected chi connectivity index (χ0v) is 17.5. The summed E-state index contributed by atoms with van der Waals surface area (Å²) in [5.41, 5.74) is 3.15. The van der Waals surface area contributed by atoms with E-state index in [0.717, 1.165) is 43.9 Å². The average molecular weight is 394 g/mol. The van der Waals surface area contributed by atoms with E-state index in [9.17, 15) is 4.79 Å². The number of likely N-dealkylation sites (N-methyl/N-ethyl adjacent to an activating group) is 1. The van der Waals surface area contributed by atoms with Crippen molar-refractivity contribution in [1.82, 2.24) is 14.7 Å². The van der Waals surface area contributed by atoms with Gasteiger partial charge in [-0.3, -0.25) is 9.69 Å². The highest BCUT2D eigenvalue weighted by molar-refractivity contribution is 5.94. The molecule has 0 aromatic heterocycles. The molecule has 0 spiro atoms. The van der Waals surface area contributed by atoms with E-state index in [0.29, 0.717) is 13.1 Å². The van der Waals surface area contributed by atoms with E-state index in [2.05, 4.69) is 41.1 Å². The highest BCUT2D eigenvalue weighted by Gasteiger charge is 2.29. The minimum absolute atomic E-state index is 0.0226. The van der Waals surface area contributed by atoms with Crippen molar-refractivity contribution < 1.29 is 9.53 Å². The quantitative estimate of drug-likeness (QED) is 0.800. The van der Waals surface area contributed by atoms with E-state index < -0.39 is 0 Å². The van der Waals surface area contributed by atoms with Gasteiger partial charge in [0.05, 0.1) is 12.6 Å². The van der Waals surface area contributed by atoms with Crippen LogP contribution in [0.4, 0.5) is 0 Å². The molecule has 2 aliphatic rings. The van der Waals surface area contributed by atoms with Gasteiger partial charge in [-0.2, -0.15) is 0 Å². The van der Waals surface area contributed by atoms with Crippen LogP contribution in [0.15, 0.2) is 54.6 Å². The predicted octanol–water partition coefficient (Wildman–Crippen LogP) is 3.04. The molecule has 5 nitrogen and oxygen atoms in total. The third-order valence-corrected chi connectivity index (χ3v) is 5.92. The zero-order valence-electron chi connectivity index (χ0n) is 17.5. The number of hydrogen-bond acceptors (Lipinski definition) is 4. The van der Waals surface area contributed by atoms with Gasteiger partial charge >= 0.3 is 0 Å². The summed E-state index contributed by atoms with van der Waals surface area (Å²) in [5, 5.41) is 0. The smallest absolute Gasteiger partial charge is 0.254 e. The first kappa shape index (κ1) is 20.1. The summed E-state index contributed by atoms with van der Waals surface area (Å²) in [6, 6.07) is 18.3. The van der Waals surface area contributed by atoms with Crippen molar-refractivity contribution in [2.24, 2.45) is 0 Å². The Balaban J connectivity index is 1.39. The van der Waals surface area contributed by atoms with Crippen molar-refractivity contribution in [2.45, 2.75) is 25.7 Å². The first-order valence-corrected chi connectivity index (χ1v) is 10.6. The second kappa shape index (κ2) is 9.08. The van der Waals surface area contributed by atoms with Crippen molar-refractivity contribution in [1.29, 1.82) is 0 Å². The molecule has 2 atom stereocenters. The molecule has 1 amide bonds. The van der Waals surface area contributed by atoms with Crippen LogP contribution in [0.5, 0.6) is 0 Å². The second-order valence-electron chi connectivity index (χ2n) is 8.33. The molecule has 2 aromatic rings. The lowest BCUT2D eigenvalue weighted by Gasteiger charge is -2.37. The Hall–Kier alpha value is -2.21. The summed E-state index contributed by atoms with van der Waals surface area (Å²) < 4.78 is 6.10. The lowest BCUT2D eigenvalue weighted by molar-refractivity contribution is -0.0691. The lowest BCUT2D eigenvalue weighted by atomic mass is 10.0. The number of carbonyl (C=O) groups is 1. The number of benzene rings is 2. The molecule has 29 heavy (non-hydrogen) atoms. The van der Waals surface area contributed by atoms with Crippen LogP contribution < -0.4 is 0 Å². The Bertz CT molecular complexity index is 801. The minimum atomic E-state index is -0.0691. The van der Waals surface area contributed by atoms with Crippen LogP contribution in [-0.2, 0) is 11.3 Å². The van der Waals surface area contributed by atoms with E-state index >= 15 is 0 Å². The first-order valence-electron chi connectivity index (χ1n) is 10.6. The molecule has 2 heterocycles. The Morgan fingerprint density at radius 2 is 1.66 bits per heavy atom. The van der Waals surface area contributed by atoms with Gasteiger partial charge in [0.1, 0.15) is 6.10 Å².